The van der Waals surface area contributed by atoms with Crippen LogP contribution in [0.25, 0.3) is 0 Å². The van der Waals surface area contributed by atoms with Crippen LogP contribution in [0.1, 0.15) is 18.3 Å². The SMILES string of the molecule is CCS(=O)(=O)N1CCN(C(=O)Cn2nc(C)cc2C)CC1. The van der Waals surface area contributed by atoms with E-state index in [-0.39, 0.29) is 18.2 Å². The molecule has 0 saturated carbocycles. The Balaban J connectivity index is 1.93. The van der Waals surface area contributed by atoms with Crippen LogP contribution in [-0.4, -0.2) is 65.2 Å². The minimum absolute atomic E-state index is 0.0188. The first kappa shape index (κ1) is 16.0. The first-order valence-electron chi connectivity index (χ1n) is 7.10. The lowest BCUT2D eigenvalue weighted by molar-refractivity contribution is -0.133. The summed E-state index contributed by atoms with van der Waals surface area (Å²) in [5.41, 5.74) is 1.84. The standard InChI is InChI=1S/C13H22N4O3S/c1-4-21(19,20)16-7-5-15(6-8-16)13(18)10-17-12(3)9-11(2)14-17/h9H,4-8,10H2,1-3H3. The summed E-state index contributed by atoms with van der Waals surface area (Å²) in [6.45, 7) is 7.28. The zero-order valence-electron chi connectivity index (χ0n) is 12.7. The van der Waals surface area contributed by atoms with Crippen LogP contribution in [0, 0.1) is 13.8 Å². The summed E-state index contributed by atoms with van der Waals surface area (Å²) in [5.74, 6) is 0.0851. The van der Waals surface area contributed by atoms with Crippen LogP contribution in [0.3, 0.4) is 0 Å². The molecule has 0 aromatic carbocycles. The monoisotopic (exact) mass is 314 g/mol. The quantitative estimate of drug-likeness (QED) is 0.783. The fraction of sp³-hybridized carbons (Fsp3) is 0.692. The largest absolute Gasteiger partial charge is 0.338 e. The van der Waals surface area contributed by atoms with Gasteiger partial charge in [0.15, 0.2) is 0 Å². The highest BCUT2D eigenvalue weighted by atomic mass is 32.2. The molecule has 8 heteroatoms. The highest BCUT2D eigenvalue weighted by Crippen LogP contribution is 2.09. The maximum Gasteiger partial charge on any atom is 0.244 e. The fourth-order valence-corrected chi connectivity index (χ4v) is 3.55. The van der Waals surface area contributed by atoms with E-state index < -0.39 is 10.0 Å². The Morgan fingerprint density at radius 1 is 1.24 bits per heavy atom. The van der Waals surface area contributed by atoms with Gasteiger partial charge < -0.3 is 4.90 Å². The van der Waals surface area contributed by atoms with Crippen molar-refractivity contribution in [2.75, 3.05) is 31.9 Å². The molecule has 1 aromatic rings. The van der Waals surface area contributed by atoms with Crippen LogP contribution in [0.4, 0.5) is 0 Å². The molecule has 2 heterocycles. The molecule has 1 aromatic heterocycles. The minimum Gasteiger partial charge on any atom is -0.338 e. The molecule has 0 radical (unpaired) electrons. The first-order valence-corrected chi connectivity index (χ1v) is 8.71. The van der Waals surface area contributed by atoms with Gasteiger partial charge in [-0.05, 0) is 26.8 Å². The van der Waals surface area contributed by atoms with Crippen molar-refractivity contribution in [3.8, 4) is 0 Å². The lowest BCUT2D eigenvalue weighted by atomic mass is 10.3. The van der Waals surface area contributed by atoms with E-state index in [2.05, 4.69) is 5.10 Å². The van der Waals surface area contributed by atoms with Crippen LogP contribution in [0.5, 0.6) is 0 Å². The number of nitrogens with zero attached hydrogens (tertiary/aromatic N) is 4. The van der Waals surface area contributed by atoms with E-state index in [1.807, 2.05) is 19.9 Å². The molecule has 118 valence electrons. The van der Waals surface area contributed by atoms with Gasteiger partial charge in [-0.3, -0.25) is 9.48 Å². The van der Waals surface area contributed by atoms with Crippen LogP contribution in [-0.2, 0) is 21.4 Å². The number of piperazine rings is 1. The van der Waals surface area contributed by atoms with E-state index in [9.17, 15) is 13.2 Å². The van der Waals surface area contributed by atoms with E-state index in [0.717, 1.165) is 11.4 Å². The summed E-state index contributed by atoms with van der Waals surface area (Å²) in [4.78, 5) is 14.0. The van der Waals surface area contributed by atoms with E-state index in [1.165, 1.54) is 4.31 Å². The number of aryl methyl sites for hydroxylation is 2. The van der Waals surface area contributed by atoms with Crippen molar-refractivity contribution in [3.63, 3.8) is 0 Å². The van der Waals surface area contributed by atoms with Gasteiger partial charge in [0.05, 0.1) is 11.4 Å². The molecule has 1 amide bonds. The maximum absolute atomic E-state index is 12.3. The minimum atomic E-state index is -3.15. The van der Waals surface area contributed by atoms with Gasteiger partial charge in [0.25, 0.3) is 0 Å². The molecule has 0 unspecified atom stereocenters. The summed E-state index contributed by atoms with van der Waals surface area (Å²) >= 11 is 0. The smallest absolute Gasteiger partial charge is 0.244 e. The first-order chi connectivity index (χ1) is 9.83. The summed E-state index contributed by atoms with van der Waals surface area (Å²) in [5, 5.41) is 4.28. The Kier molecular flexibility index (Phi) is 4.67. The number of aromatic nitrogens is 2. The number of rotatable bonds is 4. The van der Waals surface area contributed by atoms with Gasteiger partial charge >= 0.3 is 0 Å². The van der Waals surface area contributed by atoms with Crippen molar-refractivity contribution in [2.45, 2.75) is 27.3 Å². The zero-order chi connectivity index (χ0) is 15.6. The average Bonchev–Trinajstić information content (AvgIpc) is 2.77. The number of sulfonamides is 1. The molecule has 0 spiro atoms. The summed E-state index contributed by atoms with van der Waals surface area (Å²) < 4.78 is 26.7. The predicted molar refractivity (Wildman–Crippen MR) is 79.3 cm³/mol. The van der Waals surface area contributed by atoms with Crippen molar-refractivity contribution in [1.29, 1.82) is 0 Å². The Morgan fingerprint density at radius 3 is 2.33 bits per heavy atom. The van der Waals surface area contributed by atoms with E-state index in [4.69, 9.17) is 0 Å². The Bertz CT molecular complexity index is 615. The van der Waals surface area contributed by atoms with Gasteiger partial charge in [-0.25, -0.2) is 8.42 Å². The van der Waals surface area contributed by atoms with Crippen molar-refractivity contribution < 1.29 is 13.2 Å². The molecule has 1 saturated heterocycles. The molecule has 1 aliphatic heterocycles. The summed E-state index contributed by atoms with van der Waals surface area (Å²) in [7, 11) is -3.15. The maximum atomic E-state index is 12.3. The second kappa shape index (κ2) is 6.15. The topological polar surface area (TPSA) is 75.5 Å². The Hall–Kier alpha value is -1.41. The number of amides is 1. The Morgan fingerprint density at radius 2 is 1.86 bits per heavy atom. The molecule has 1 fully saturated rings. The number of carbonyl (C=O) groups is 1. The van der Waals surface area contributed by atoms with E-state index >= 15 is 0 Å². The molecule has 0 N–H and O–H groups in total. The number of hydrogen-bond donors (Lipinski definition) is 0. The molecule has 0 atom stereocenters. The second-order valence-electron chi connectivity index (χ2n) is 5.27. The molecule has 0 aliphatic carbocycles. The molecule has 1 aliphatic rings. The van der Waals surface area contributed by atoms with E-state index in [0.29, 0.717) is 26.2 Å². The van der Waals surface area contributed by atoms with Crippen LogP contribution in [0.15, 0.2) is 6.07 Å². The molecular formula is C13H22N4O3S. The van der Waals surface area contributed by atoms with Gasteiger partial charge in [0.1, 0.15) is 6.54 Å². The fourth-order valence-electron chi connectivity index (χ4n) is 2.46. The zero-order valence-corrected chi connectivity index (χ0v) is 13.6. The highest BCUT2D eigenvalue weighted by molar-refractivity contribution is 7.89. The van der Waals surface area contributed by atoms with Gasteiger partial charge in [-0.1, -0.05) is 0 Å². The van der Waals surface area contributed by atoms with Gasteiger partial charge in [0, 0.05) is 31.9 Å². The third kappa shape index (κ3) is 3.62. The average molecular weight is 314 g/mol. The van der Waals surface area contributed by atoms with Crippen molar-refractivity contribution >= 4 is 15.9 Å². The predicted octanol–water partition coefficient (Wildman–Crippen LogP) is -0.00616. The Labute approximate surface area is 125 Å². The molecule has 0 bridgehead atoms. The lowest BCUT2D eigenvalue weighted by Gasteiger charge is -2.33. The van der Waals surface area contributed by atoms with Crippen molar-refractivity contribution in [2.24, 2.45) is 0 Å². The normalized spacial score (nSPS) is 17.2. The van der Waals surface area contributed by atoms with Crippen LogP contribution < -0.4 is 0 Å². The van der Waals surface area contributed by atoms with Crippen LogP contribution >= 0.6 is 0 Å². The molecular weight excluding hydrogens is 292 g/mol. The molecule has 21 heavy (non-hydrogen) atoms. The summed E-state index contributed by atoms with van der Waals surface area (Å²) in [6.07, 6.45) is 0. The molecule has 2 rings (SSSR count). The number of carbonyl (C=O) groups excluding carboxylic acids is 1. The summed E-state index contributed by atoms with van der Waals surface area (Å²) in [6, 6.07) is 1.93. The van der Waals surface area contributed by atoms with Gasteiger partial charge in [0.2, 0.25) is 15.9 Å². The highest BCUT2D eigenvalue weighted by Gasteiger charge is 2.27. The van der Waals surface area contributed by atoms with Gasteiger partial charge in [-0.15, -0.1) is 0 Å². The van der Waals surface area contributed by atoms with Gasteiger partial charge in [-0.2, -0.15) is 9.40 Å². The van der Waals surface area contributed by atoms with Crippen molar-refractivity contribution in [3.05, 3.63) is 17.5 Å². The third-order valence-corrected chi connectivity index (χ3v) is 5.62. The third-order valence-electron chi connectivity index (χ3n) is 3.74. The molecule has 7 nitrogen and oxygen atoms in total. The van der Waals surface area contributed by atoms with Crippen molar-refractivity contribution in [1.82, 2.24) is 19.0 Å². The lowest BCUT2D eigenvalue weighted by Crippen LogP contribution is -2.51. The second-order valence-corrected chi connectivity index (χ2v) is 7.52. The van der Waals surface area contributed by atoms with E-state index in [1.54, 1.807) is 16.5 Å². The number of hydrogen-bond acceptors (Lipinski definition) is 4. The van der Waals surface area contributed by atoms with Crippen LogP contribution in [0.2, 0.25) is 0 Å².